The smallest absolute Gasteiger partial charge is 0.163 e. The largest absolute Gasteiger partial charge is 0.507 e. The summed E-state index contributed by atoms with van der Waals surface area (Å²) in [6.07, 6.45) is 1.17. The number of fused-ring (bicyclic) bond motifs is 1. The molecule has 0 radical (unpaired) electrons. The zero-order valence-electron chi connectivity index (χ0n) is 6.87. The van der Waals surface area contributed by atoms with Crippen LogP contribution in [0.1, 0.15) is 27.9 Å². The van der Waals surface area contributed by atoms with E-state index < -0.39 is 0 Å². The first-order chi connectivity index (χ1) is 6.22. The molecule has 0 saturated heterocycles. The van der Waals surface area contributed by atoms with Crippen molar-refractivity contribution in [3.63, 3.8) is 0 Å². The summed E-state index contributed by atoms with van der Waals surface area (Å²) in [5.41, 5.74) is 1.68. The Bertz CT molecular complexity index is 429. The van der Waals surface area contributed by atoms with E-state index in [0.717, 1.165) is 5.56 Å². The Labute approximate surface area is 75.2 Å². The number of rotatable bonds is 0. The van der Waals surface area contributed by atoms with Crippen LogP contribution in [0.25, 0.3) is 0 Å². The second-order valence-corrected chi connectivity index (χ2v) is 3.06. The maximum atomic E-state index is 11.2. The summed E-state index contributed by atoms with van der Waals surface area (Å²) < 4.78 is 0. The Morgan fingerprint density at radius 3 is 2.85 bits per heavy atom. The van der Waals surface area contributed by atoms with E-state index in [0.29, 0.717) is 18.4 Å². The lowest BCUT2D eigenvalue weighted by atomic mass is 10.1. The van der Waals surface area contributed by atoms with Crippen molar-refractivity contribution in [3.05, 3.63) is 28.8 Å². The number of carbonyl (C=O) groups is 1. The number of hydrogen-bond donors (Lipinski definition) is 1. The molecule has 0 aliphatic heterocycles. The van der Waals surface area contributed by atoms with Gasteiger partial charge in [-0.05, 0) is 24.1 Å². The van der Waals surface area contributed by atoms with Crippen molar-refractivity contribution >= 4 is 5.78 Å². The molecular weight excluding hydrogens is 166 g/mol. The van der Waals surface area contributed by atoms with Crippen molar-refractivity contribution in [2.75, 3.05) is 0 Å². The van der Waals surface area contributed by atoms with Gasteiger partial charge in [-0.25, -0.2) is 0 Å². The molecule has 0 amide bonds. The van der Waals surface area contributed by atoms with E-state index in [2.05, 4.69) is 0 Å². The molecule has 64 valence electrons. The second kappa shape index (κ2) is 2.60. The molecule has 0 saturated carbocycles. The number of hydrogen-bond acceptors (Lipinski definition) is 3. The fourth-order valence-corrected chi connectivity index (χ4v) is 1.57. The summed E-state index contributed by atoms with van der Waals surface area (Å²) in [4.78, 5) is 11.2. The van der Waals surface area contributed by atoms with Crippen LogP contribution in [0.4, 0.5) is 0 Å². The van der Waals surface area contributed by atoms with Gasteiger partial charge in [0, 0.05) is 12.0 Å². The highest BCUT2D eigenvalue weighted by Gasteiger charge is 2.21. The maximum Gasteiger partial charge on any atom is 0.163 e. The van der Waals surface area contributed by atoms with Crippen molar-refractivity contribution in [1.29, 1.82) is 5.26 Å². The average Bonchev–Trinajstić information content (AvgIpc) is 2.47. The third kappa shape index (κ3) is 1.07. The van der Waals surface area contributed by atoms with Gasteiger partial charge in [-0.2, -0.15) is 5.26 Å². The zero-order valence-corrected chi connectivity index (χ0v) is 6.87. The molecule has 0 heterocycles. The quantitative estimate of drug-likeness (QED) is 0.644. The van der Waals surface area contributed by atoms with Crippen LogP contribution in [-0.2, 0) is 6.42 Å². The summed E-state index contributed by atoms with van der Waals surface area (Å²) in [5.74, 6) is -0.0497. The van der Waals surface area contributed by atoms with Gasteiger partial charge in [0.15, 0.2) is 5.78 Å². The molecule has 0 aromatic heterocycles. The molecule has 0 fully saturated rings. The lowest BCUT2D eigenvalue weighted by Gasteiger charge is -2.00. The minimum Gasteiger partial charge on any atom is -0.507 e. The van der Waals surface area contributed by atoms with Gasteiger partial charge in [-0.15, -0.1) is 0 Å². The van der Waals surface area contributed by atoms with Crippen LogP contribution in [-0.4, -0.2) is 10.9 Å². The van der Waals surface area contributed by atoms with Crippen molar-refractivity contribution < 1.29 is 9.90 Å². The predicted molar refractivity (Wildman–Crippen MR) is 45.5 cm³/mol. The molecule has 1 N–H and O–H groups in total. The minimum absolute atomic E-state index is 0.0507. The number of ketones is 1. The van der Waals surface area contributed by atoms with E-state index >= 15 is 0 Å². The van der Waals surface area contributed by atoms with Crippen LogP contribution >= 0.6 is 0 Å². The lowest BCUT2D eigenvalue weighted by molar-refractivity contribution is 0.0994. The Hall–Kier alpha value is -1.82. The first kappa shape index (κ1) is 7.81. The van der Waals surface area contributed by atoms with E-state index in [1.807, 2.05) is 6.07 Å². The van der Waals surface area contributed by atoms with Gasteiger partial charge in [0.25, 0.3) is 0 Å². The van der Waals surface area contributed by atoms with Crippen molar-refractivity contribution in [2.24, 2.45) is 0 Å². The van der Waals surface area contributed by atoms with Crippen molar-refractivity contribution in [3.8, 4) is 11.8 Å². The highest BCUT2D eigenvalue weighted by atomic mass is 16.3. The van der Waals surface area contributed by atoms with Gasteiger partial charge in [-0.1, -0.05) is 0 Å². The van der Waals surface area contributed by atoms with Crippen molar-refractivity contribution in [2.45, 2.75) is 12.8 Å². The number of aryl methyl sites for hydroxylation is 1. The van der Waals surface area contributed by atoms with E-state index in [9.17, 15) is 9.90 Å². The van der Waals surface area contributed by atoms with Gasteiger partial charge in [-0.3, -0.25) is 4.79 Å². The molecule has 1 aromatic carbocycles. The molecule has 0 bridgehead atoms. The highest BCUT2D eigenvalue weighted by Crippen LogP contribution is 2.28. The molecule has 0 spiro atoms. The number of nitrogens with zero attached hydrogens (tertiary/aromatic N) is 1. The molecule has 0 atom stereocenters. The molecule has 3 nitrogen and oxygen atoms in total. The average molecular weight is 173 g/mol. The molecule has 1 aliphatic carbocycles. The molecule has 1 aliphatic rings. The summed E-state index contributed by atoms with van der Waals surface area (Å²) in [6.45, 7) is 0. The van der Waals surface area contributed by atoms with E-state index in [4.69, 9.17) is 5.26 Å². The summed E-state index contributed by atoms with van der Waals surface area (Å²) in [7, 11) is 0. The normalized spacial score (nSPS) is 13.9. The molecule has 0 unspecified atom stereocenters. The van der Waals surface area contributed by atoms with Gasteiger partial charge in [0.1, 0.15) is 11.8 Å². The van der Waals surface area contributed by atoms with E-state index in [1.165, 1.54) is 6.07 Å². The number of Topliss-reactive ketones (excluding diaryl/α,β-unsaturated/α-hetero) is 1. The number of benzene rings is 1. The number of phenolic OH excluding ortho intramolecular Hbond substituents is 1. The summed E-state index contributed by atoms with van der Waals surface area (Å²) in [5, 5.41) is 17.9. The minimum atomic E-state index is -0.100. The number of aromatic hydroxyl groups is 1. The van der Waals surface area contributed by atoms with Crippen LogP contribution in [0.15, 0.2) is 12.1 Å². The standard InChI is InChI=1S/C10H7NO2/c11-5-7-3-6-1-2-9(12)8(6)4-10(7)13/h3-4,13H,1-2H2. The van der Waals surface area contributed by atoms with Crippen LogP contribution in [0.2, 0.25) is 0 Å². The highest BCUT2D eigenvalue weighted by molar-refractivity contribution is 6.01. The van der Waals surface area contributed by atoms with E-state index in [-0.39, 0.29) is 17.1 Å². The Balaban J connectivity index is 2.65. The third-order valence-electron chi connectivity index (χ3n) is 2.26. The summed E-state index contributed by atoms with van der Waals surface area (Å²) in [6, 6.07) is 4.86. The van der Waals surface area contributed by atoms with Crippen LogP contribution < -0.4 is 0 Å². The maximum absolute atomic E-state index is 11.2. The molecule has 13 heavy (non-hydrogen) atoms. The topological polar surface area (TPSA) is 61.1 Å². The zero-order chi connectivity index (χ0) is 9.42. The molecular formula is C10H7NO2. The third-order valence-corrected chi connectivity index (χ3v) is 2.26. The van der Waals surface area contributed by atoms with Crippen LogP contribution in [0.3, 0.4) is 0 Å². The fourth-order valence-electron chi connectivity index (χ4n) is 1.57. The van der Waals surface area contributed by atoms with E-state index in [1.54, 1.807) is 6.07 Å². The Morgan fingerprint density at radius 1 is 1.38 bits per heavy atom. The van der Waals surface area contributed by atoms with Gasteiger partial charge >= 0.3 is 0 Å². The second-order valence-electron chi connectivity index (χ2n) is 3.06. The Kier molecular flexibility index (Phi) is 1.56. The predicted octanol–water partition coefficient (Wildman–Crippen LogP) is 1.39. The number of carbonyl (C=O) groups excluding carboxylic acids is 1. The van der Waals surface area contributed by atoms with Crippen molar-refractivity contribution in [1.82, 2.24) is 0 Å². The monoisotopic (exact) mass is 173 g/mol. The van der Waals surface area contributed by atoms with Gasteiger partial charge in [0.2, 0.25) is 0 Å². The number of phenols is 1. The molecule has 1 aromatic rings. The summed E-state index contributed by atoms with van der Waals surface area (Å²) >= 11 is 0. The lowest BCUT2D eigenvalue weighted by Crippen LogP contribution is -1.91. The SMILES string of the molecule is N#Cc1cc2c(cc1O)C(=O)CC2. The van der Waals surface area contributed by atoms with Gasteiger partial charge in [0.05, 0.1) is 5.56 Å². The first-order valence-corrected chi connectivity index (χ1v) is 4.01. The van der Waals surface area contributed by atoms with Gasteiger partial charge < -0.3 is 5.11 Å². The molecule has 3 heteroatoms. The first-order valence-electron chi connectivity index (χ1n) is 4.01. The number of nitriles is 1. The van der Waals surface area contributed by atoms with Crippen LogP contribution in [0, 0.1) is 11.3 Å². The Morgan fingerprint density at radius 2 is 2.15 bits per heavy atom. The molecule has 2 rings (SSSR count). The van der Waals surface area contributed by atoms with Crippen LogP contribution in [0.5, 0.6) is 5.75 Å². The fraction of sp³-hybridized carbons (Fsp3) is 0.200.